The minimum atomic E-state index is -0.0433. The third kappa shape index (κ3) is 4.69. The molecule has 0 fully saturated rings. The Kier molecular flexibility index (Phi) is 5.87. The van der Waals surface area contributed by atoms with Crippen LogP contribution < -0.4 is 5.32 Å². The zero-order valence-electron chi connectivity index (χ0n) is 15.2. The molecular weight excluding hydrogens is 312 g/mol. The Morgan fingerprint density at radius 3 is 2.76 bits per heavy atom. The number of amides is 1. The Labute approximate surface area is 150 Å². The summed E-state index contributed by atoms with van der Waals surface area (Å²) in [5.41, 5.74) is 1.78. The van der Waals surface area contributed by atoms with Crippen molar-refractivity contribution >= 4 is 5.91 Å². The normalized spacial score (nSPS) is 15.0. The van der Waals surface area contributed by atoms with Crippen LogP contribution in [0.2, 0.25) is 0 Å². The van der Waals surface area contributed by atoms with Crippen molar-refractivity contribution in [3.63, 3.8) is 0 Å². The van der Waals surface area contributed by atoms with Crippen LogP contribution in [0.15, 0.2) is 36.5 Å². The van der Waals surface area contributed by atoms with Gasteiger partial charge < -0.3 is 14.8 Å². The summed E-state index contributed by atoms with van der Waals surface area (Å²) in [5.74, 6) is 1.70. The van der Waals surface area contributed by atoms with Crippen LogP contribution in [-0.2, 0) is 19.5 Å². The second-order valence-electron chi connectivity index (χ2n) is 7.15. The molecule has 1 aromatic heterocycles. The summed E-state index contributed by atoms with van der Waals surface area (Å²) in [7, 11) is 0. The summed E-state index contributed by atoms with van der Waals surface area (Å²) in [6.07, 6.45) is 3.84. The lowest BCUT2D eigenvalue weighted by Gasteiger charge is -2.20. The fourth-order valence-corrected chi connectivity index (χ4v) is 3.19. The number of imidazole rings is 1. The maximum absolute atomic E-state index is 12.6. The van der Waals surface area contributed by atoms with Crippen LogP contribution in [-0.4, -0.2) is 40.0 Å². The highest BCUT2D eigenvalue weighted by molar-refractivity contribution is 5.92. The number of nitrogens with one attached hydrogen (secondary N) is 1. The van der Waals surface area contributed by atoms with Gasteiger partial charge in [0.05, 0.1) is 6.20 Å². The average Bonchev–Trinajstić information content (AvgIpc) is 2.92. The van der Waals surface area contributed by atoms with Crippen LogP contribution in [0.1, 0.15) is 42.1 Å². The number of aromatic nitrogens is 2. The molecule has 1 aliphatic heterocycles. The molecule has 1 aromatic carbocycles. The van der Waals surface area contributed by atoms with Gasteiger partial charge in [-0.1, -0.05) is 44.2 Å². The van der Waals surface area contributed by atoms with Crippen molar-refractivity contribution in [1.29, 1.82) is 0 Å². The summed E-state index contributed by atoms with van der Waals surface area (Å²) >= 11 is 0. The summed E-state index contributed by atoms with van der Waals surface area (Å²) in [6.45, 7) is 9.03. The second-order valence-corrected chi connectivity index (χ2v) is 7.15. The molecule has 0 atom stereocenters. The van der Waals surface area contributed by atoms with Crippen molar-refractivity contribution < 1.29 is 4.79 Å². The molecule has 0 bridgehead atoms. The van der Waals surface area contributed by atoms with Crippen LogP contribution in [0.25, 0.3) is 0 Å². The van der Waals surface area contributed by atoms with E-state index in [0.717, 1.165) is 49.9 Å². The number of carbonyl (C=O) groups is 1. The standard InChI is InChI=1S/C20H28N4O/c1-16(2)8-10-23-11-9-19-21-15-18(24(19)13-12-23)20(25)22-14-17-6-4-3-5-7-17/h3-7,15-16H,8-14H2,1-2H3,(H,22,25). The lowest BCUT2D eigenvalue weighted by molar-refractivity contribution is 0.0941. The van der Waals surface area contributed by atoms with E-state index in [0.29, 0.717) is 12.2 Å². The molecule has 1 N–H and O–H groups in total. The Bertz CT molecular complexity index is 693. The summed E-state index contributed by atoms with van der Waals surface area (Å²) in [5, 5.41) is 3.01. The van der Waals surface area contributed by atoms with Gasteiger partial charge in [-0.3, -0.25) is 4.79 Å². The average molecular weight is 340 g/mol. The first-order chi connectivity index (χ1) is 12.1. The highest BCUT2D eigenvalue weighted by Gasteiger charge is 2.20. The first-order valence-electron chi connectivity index (χ1n) is 9.22. The van der Waals surface area contributed by atoms with E-state index >= 15 is 0 Å². The first-order valence-corrected chi connectivity index (χ1v) is 9.22. The van der Waals surface area contributed by atoms with E-state index < -0.39 is 0 Å². The topological polar surface area (TPSA) is 50.2 Å². The summed E-state index contributed by atoms with van der Waals surface area (Å²) in [4.78, 5) is 19.6. The molecule has 5 heteroatoms. The van der Waals surface area contributed by atoms with E-state index in [1.54, 1.807) is 6.20 Å². The molecule has 25 heavy (non-hydrogen) atoms. The monoisotopic (exact) mass is 340 g/mol. The minimum absolute atomic E-state index is 0.0433. The van der Waals surface area contributed by atoms with E-state index in [1.165, 1.54) is 6.42 Å². The number of rotatable bonds is 6. The molecule has 1 aliphatic rings. The molecule has 2 heterocycles. The molecule has 0 spiro atoms. The largest absolute Gasteiger partial charge is 0.347 e. The number of hydrogen-bond donors (Lipinski definition) is 1. The van der Waals surface area contributed by atoms with Gasteiger partial charge in [-0.15, -0.1) is 0 Å². The van der Waals surface area contributed by atoms with Gasteiger partial charge in [0.1, 0.15) is 11.5 Å². The number of hydrogen-bond acceptors (Lipinski definition) is 3. The molecule has 3 rings (SSSR count). The third-order valence-electron chi connectivity index (χ3n) is 4.78. The lowest BCUT2D eigenvalue weighted by Crippen LogP contribution is -2.30. The van der Waals surface area contributed by atoms with Crippen molar-refractivity contribution in [1.82, 2.24) is 19.8 Å². The fraction of sp³-hybridized carbons (Fsp3) is 0.500. The van der Waals surface area contributed by atoms with Crippen LogP contribution in [0.3, 0.4) is 0 Å². The van der Waals surface area contributed by atoms with Gasteiger partial charge in [0, 0.05) is 32.6 Å². The molecule has 0 radical (unpaired) electrons. The van der Waals surface area contributed by atoms with E-state index in [9.17, 15) is 4.79 Å². The van der Waals surface area contributed by atoms with Gasteiger partial charge in [-0.25, -0.2) is 4.98 Å². The molecule has 0 unspecified atom stereocenters. The third-order valence-corrected chi connectivity index (χ3v) is 4.78. The van der Waals surface area contributed by atoms with Gasteiger partial charge in [-0.05, 0) is 24.4 Å². The summed E-state index contributed by atoms with van der Waals surface area (Å²) < 4.78 is 2.09. The van der Waals surface area contributed by atoms with Crippen molar-refractivity contribution in [2.45, 2.75) is 39.8 Å². The van der Waals surface area contributed by atoms with Crippen LogP contribution >= 0.6 is 0 Å². The van der Waals surface area contributed by atoms with Crippen LogP contribution in [0.5, 0.6) is 0 Å². The highest BCUT2D eigenvalue weighted by atomic mass is 16.1. The van der Waals surface area contributed by atoms with Crippen molar-refractivity contribution in [2.24, 2.45) is 5.92 Å². The van der Waals surface area contributed by atoms with E-state index in [1.807, 2.05) is 30.3 Å². The zero-order chi connectivity index (χ0) is 17.6. The van der Waals surface area contributed by atoms with Crippen LogP contribution in [0, 0.1) is 5.92 Å². The minimum Gasteiger partial charge on any atom is -0.347 e. The number of carbonyl (C=O) groups excluding carboxylic acids is 1. The van der Waals surface area contributed by atoms with Gasteiger partial charge >= 0.3 is 0 Å². The Hall–Kier alpha value is -2.14. The molecule has 0 aliphatic carbocycles. The Morgan fingerprint density at radius 2 is 2.00 bits per heavy atom. The molecule has 0 saturated heterocycles. The SMILES string of the molecule is CC(C)CCN1CCc2ncc(C(=O)NCc3ccccc3)n2CC1. The van der Waals surface area contributed by atoms with Crippen molar-refractivity contribution in [3.8, 4) is 0 Å². The zero-order valence-corrected chi connectivity index (χ0v) is 15.2. The fourth-order valence-electron chi connectivity index (χ4n) is 3.19. The predicted octanol–water partition coefficient (Wildman–Crippen LogP) is 2.72. The van der Waals surface area contributed by atoms with Crippen LogP contribution in [0.4, 0.5) is 0 Å². The Morgan fingerprint density at radius 1 is 1.20 bits per heavy atom. The van der Waals surface area contributed by atoms with Crippen molar-refractivity contribution in [2.75, 3.05) is 19.6 Å². The second kappa shape index (κ2) is 8.30. The van der Waals surface area contributed by atoms with Crippen molar-refractivity contribution in [3.05, 3.63) is 53.6 Å². The smallest absolute Gasteiger partial charge is 0.269 e. The molecule has 0 saturated carbocycles. The molecule has 1 amide bonds. The number of nitrogens with zero attached hydrogens (tertiary/aromatic N) is 3. The molecular formula is C20H28N4O. The van der Waals surface area contributed by atoms with Gasteiger partial charge in [0.25, 0.3) is 5.91 Å². The number of benzene rings is 1. The first kappa shape index (κ1) is 17.7. The van der Waals surface area contributed by atoms with E-state index in [2.05, 4.69) is 33.6 Å². The van der Waals surface area contributed by atoms with Gasteiger partial charge in [0.15, 0.2) is 0 Å². The maximum Gasteiger partial charge on any atom is 0.269 e. The quantitative estimate of drug-likeness (QED) is 0.880. The molecule has 5 nitrogen and oxygen atoms in total. The van der Waals surface area contributed by atoms with Gasteiger partial charge in [0.2, 0.25) is 0 Å². The highest BCUT2D eigenvalue weighted by Crippen LogP contribution is 2.13. The van der Waals surface area contributed by atoms with E-state index in [4.69, 9.17) is 0 Å². The molecule has 2 aromatic rings. The lowest BCUT2D eigenvalue weighted by atomic mass is 10.1. The maximum atomic E-state index is 12.6. The van der Waals surface area contributed by atoms with Gasteiger partial charge in [-0.2, -0.15) is 0 Å². The predicted molar refractivity (Wildman–Crippen MR) is 99.4 cm³/mol. The summed E-state index contributed by atoms with van der Waals surface area (Å²) in [6, 6.07) is 9.98. The van der Waals surface area contributed by atoms with E-state index in [-0.39, 0.29) is 5.91 Å². The Balaban J connectivity index is 1.60. The molecule has 134 valence electrons. The number of fused-ring (bicyclic) bond motifs is 1.